The van der Waals surface area contributed by atoms with Crippen LogP contribution in [-0.4, -0.2) is 41.4 Å². The van der Waals surface area contributed by atoms with E-state index in [1.54, 1.807) is 30.6 Å². The minimum absolute atomic E-state index is 0.140. The topological polar surface area (TPSA) is 121 Å². The summed E-state index contributed by atoms with van der Waals surface area (Å²) in [6.45, 7) is 4.12. The number of anilines is 1. The van der Waals surface area contributed by atoms with Gasteiger partial charge < -0.3 is 15.3 Å². The zero-order chi connectivity index (χ0) is 23.7. The Bertz CT molecular complexity index is 1550. The van der Waals surface area contributed by atoms with Crippen LogP contribution in [0.3, 0.4) is 0 Å². The summed E-state index contributed by atoms with van der Waals surface area (Å²) in [5.41, 5.74) is 5.77. The lowest BCUT2D eigenvalue weighted by molar-refractivity contribution is -0.113. The van der Waals surface area contributed by atoms with Crippen LogP contribution in [0.15, 0.2) is 70.9 Å². The van der Waals surface area contributed by atoms with E-state index in [1.807, 2.05) is 22.8 Å². The molecule has 0 bridgehead atoms. The molecule has 3 heterocycles. The Hall–Kier alpha value is -4.18. The van der Waals surface area contributed by atoms with Gasteiger partial charge >= 0.3 is 5.69 Å². The van der Waals surface area contributed by atoms with Crippen molar-refractivity contribution in [3.8, 4) is 17.1 Å². The number of rotatable bonds is 6. The molecule has 0 aliphatic carbocycles. The molecule has 34 heavy (non-hydrogen) atoms. The highest BCUT2D eigenvalue weighted by atomic mass is 32.2. The Balaban J connectivity index is 1.40. The first-order chi connectivity index (χ1) is 16.5. The zero-order valence-electron chi connectivity index (χ0n) is 18.5. The molecule has 0 saturated heterocycles. The predicted molar refractivity (Wildman–Crippen MR) is 132 cm³/mol. The van der Waals surface area contributed by atoms with E-state index < -0.39 is 0 Å². The minimum atomic E-state index is -0.287. The maximum absolute atomic E-state index is 12.7. The molecule has 10 heteroatoms. The molecule has 0 spiro atoms. The van der Waals surface area contributed by atoms with Crippen LogP contribution < -0.4 is 11.0 Å². The molecule has 5 aromatic rings. The molecule has 0 radical (unpaired) electrons. The number of imidazole rings is 1. The number of nitrogens with one attached hydrogen (secondary N) is 3. The Labute approximate surface area is 198 Å². The fourth-order valence-corrected chi connectivity index (χ4v) is 4.34. The van der Waals surface area contributed by atoms with Crippen LogP contribution in [0.2, 0.25) is 0 Å². The molecular formula is C24H21N7O2S. The van der Waals surface area contributed by atoms with Gasteiger partial charge in [0, 0.05) is 23.6 Å². The molecule has 3 aromatic heterocycles. The number of nitrogens with zero attached hydrogens (tertiary/aromatic N) is 4. The van der Waals surface area contributed by atoms with E-state index in [-0.39, 0.29) is 17.3 Å². The van der Waals surface area contributed by atoms with Crippen molar-refractivity contribution >= 4 is 34.4 Å². The van der Waals surface area contributed by atoms with Crippen molar-refractivity contribution in [2.45, 2.75) is 19.0 Å². The summed E-state index contributed by atoms with van der Waals surface area (Å²) in [5.74, 6) is 0.624. The molecule has 3 N–H and O–H groups in total. The zero-order valence-corrected chi connectivity index (χ0v) is 19.3. The number of carbonyl (C=O) groups is 1. The van der Waals surface area contributed by atoms with E-state index >= 15 is 0 Å². The molecule has 1 amide bonds. The van der Waals surface area contributed by atoms with Crippen LogP contribution in [0.25, 0.3) is 28.1 Å². The third-order valence-electron chi connectivity index (χ3n) is 5.45. The number of benzene rings is 2. The molecule has 9 nitrogen and oxygen atoms in total. The van der Waals surface area contributed by atoms with Crippen LogP contribution in [0, 0.1) is 13.8 Å². The van der Waals surface area contributed by atoms with Crippen molar-refractivity contribution in [3.05, 3.63) is 82.5 Å². The molecule has 2 aromatic carbocycles. The summed E-state index contributed by atoms with van der Waals surface area (Å²) < 4.78 is 1.95. The summed E-state index contributed by atoms with van der Waals surface area (Å²) >= 11 is 1.30. The summed E-state index contributed by atoms with van der Waals surface area (Å²) in [5, 5.41) is 12.3. The van der Waals surface area contributed by atoms with Crippen LogP contribution in [0.4, 0.5) is 5.69 Å². The van der Waals surface area contributed by atoms with Gasteiger partial charge in [-0.25, -0.2) is 4.79 Å². The molecule has 0 saturated carbocycles. The highest BCUT2D eigenvalue weighted by Crippen LogP contribution is 2.29. The van der Waals surface area contributed by atoms with E-state index in [0.29, 0.717) is 27.7 Å². The van der Waals surface area contributed by atoms with Gasteiger partial charge in [-0.05, 0) is 67.4 Å². The number of aromatic nitrogens is 6. The molecule has 0 unspecified atom stereocenters. The van der Waals surface area contributed by atoms with Gasteiger partial charge in [-0.3, -0.25) is 14.3 Å². The number of aryl methyl sites for hydroxylation is 2. The molecular weight excluding hydrogens is 450 g/mol. The normalized spacial score (nSPS) is 11.1. The van der Waals surface area contributed by atoms with Gasteiger partial charge in [-0.15, -0.1) is 10.2 Å². The van der Waals surface area contributed by atoms with Crippen molar-refractivity contribution in [1.29, 1.82) is 0 Å². The summed E-state index contributed by atoms with van der Waals surface area (Å²) in [6.07, 6.45) is 3.42. The lowest BCUT2D eigenvalue weighted by Gasteiger charge is -2.12. The molecule has 0 aliphatic rings. The second-order valence-corrected chi connectivity index (χ2v) is 8.76. The monoisotopic (exact) mass is 471 g/mol. The average molecular weight is 472 g/mol. The number of aromatic amines is 2. The van der Waals surface area contributed by atoms with Gasteiger partial charge in [0.25, 0.3) is 0 Å². The number of hydrogen-bond acceptors (Lipinski definition) is 6. The third-order valence-corrected chi connectivity index (χ3v) is 6.38. The van der Waals surface area contributed by atoms with Gasteiger partial charge in [0.2, 0.25) is 5.91 Å². The Morgan fingerprint density at radius 3 is 2.56 bits per heavy atom. The number of carbonyl (C=O) groups excluding carboxylic acids is 1. The fourth-order valence-electron chi connectivity index (χ4n) is 3.59. The molecule has 170 valence electrons. The van der Waals surface area contributed by atoms with E-state index in [2.05, 4.69) is 56.4 Å². The van der Waals surface area contributed by atoms with E-state index in [9.17, 15) is 9.59 Å². The van der Waals surface area contributed by atoms with Crippen LogP contribution in [0.5, 0.6) is 0 Å². The summed E-state index contributed by atoms with van der Waals surface area (Å²) in [6, 6.07) is 15.1. The van der Waals surface area contributed by atoms with Gasteiger partial charge in [0.1, 0.15) is 0 Å². The number of H-pyrrole nitrogens is 2. The Morgan fingerprint density at radius 2 is 1.76 bits per heavy atom. The first-order valence-corrected chi connectivity index (χ1v) is 11.5. The predicted octanol–water partition coefficient (Wildman–Crippen LogP) is 3.85. The Kier molecular flexibility index (Phi) is 5.72. The number of fused-ring (bicyclic) bond motifs is 1. The third kappa shape index (κ3) is 4.35. The highest BCUT2D eigenvalue weighted by molar-refractivity contribution is 7.99. The van der Waals surface area contributed by atoms with Crippen LogP contribution in [-0.2, 0) is 4.79 Å². The second kappa shape index (κ2) is 8.99. The van der Waals surface area contributed by atoms with E-state index in [1.165, 1.54) is 17.3 Å². The molecule has 0 aliphatic heterocycles. The van der Waals surface area contributed by atoms with E-state index in [0.717, 1.165) is 16.8 Å². The summed E-state index contributed by atoms with van der Waals surface area (Å²) in [4.78, 5) is 33.6. The smallest absolute Gasteiger partial charge is 0.323 e. The fraction of sp³-hybridized carbons (Fsp3) is 0.125. The van der Waals surface area contributed by atoms with Crippen molar-refractivity contribution in [1.82, 2.24) is 29.7 Å². The number of hydrogen-bond donors (Lipinski definition) is 3. The molecule has 0 fully saturated rings. The van der Waals surface area contributed by atoms with Crippen molar-refractivity contribution in [3.63, 3.8) is 0 Å². The van der Waals surface area contributed by atoms with Crippen molar-refractivity contribution in [2.75, 3.05) is 11.1 Å². The van der Waals surface area contributed by atoms with Crippen LogP contribution in [0.1, 0.15) is 11.1 Å². The van der Waals surface area contributed by atoms with Crippen molar-refractivity contribution in [2.24, 2.45) is 0 Å². The number of amides is 1. The van der Waals surface area contributed by atoms with Gasteiger partial charge in [0.15, 0.2) is 11.0 Å². The molecule has 0 atom stereocenters. The summed E-state index contributed by atoms with van der Waals surface area (Å²) in [7, 11) is 0. The first-order valence-electron chi connectivity index (χ1n) is 10.6. The quantitative estimate of drug-likeness (QED) is 0.324. The number of pyridine rings is 1. The largest absolute Gasteiger partial charge is 0.325 e. The Morgan fingerprint density at radius 1 is 0.971 bits per heavy atom. The standard InChI is InChI=1S/C24H21N7O2S/c1-14-3-5-18(11-15(14)2)31-22(16-7-9-25-10-8-16)29-30-24(31)34-13-21(32)26-17-4-6-19-20(12-17)28-23(33)27-19/h3-12H,13H2,1-2H3,(H,26,32)(H2,27,28,33). The van der Waals surface area contributed by atoms with Gasteiger partial charge in [-0.2, -0.15) is 0 Å². The van der Waals surface area contributed by atoms with Gasteiger partial charge in [0.05, 0.1) is 22.5 Å². The van der Waals surface area contributed by atoms with Gasteiger partial charge in [-0.1, -0.05) is 17.8 Å². The minimum Gasteiger partial charge on any atom is -0.325 e. The lowest BCUT2D eigenvalue weighted by Crippen LogP contribution is -2.14. The average Bonchev–Trinajstić information content (AvgIpc) is 3.42. The first kappa shape index (κ1) is 21.7. The number of thioether (sulfide) groups is 1. The maximum Gasteiger partial charge on any atom is 0.323 e. The highest BCUT2D eigenvalue weighted by Gasteiger charge is 2.18. The SMILES string of the molecule is Cc1ccc(-n2c(SCC(=O)Nc3ccc4[nH]c(=O)[nH]c4c3)nnc2-c2ccncc2)cc1C. The molecule has 5 rings (SSSR count). The van der Waals surface area contributed by atoms with Crippen LogP contribution >= 0.6 is 11.8 Å². The lowest BCUT2D eigenvalue weighted by atomic mass is 10.1. The van der Waals surface area contributed by atoms with E-state index in [4.69, 9.17) is 0 Å². The van der Waals surface area contributed by atoms with Crippen molar-refractivity contribution < 1.29 is 4.79 Å². The second-order valence-electron chi connectivity index (χ2n) is 7.82. The maximum atomic E-state index is 12.7.